The first kappa shape index (κ1) is 31.9. The average Bonchev–Trinajstić information content (AvgIpc) is 3.02. The Morgan fingerprint density at radius 3 is 2.57 bits per heavy atom. The first-order chi connectivity index (χ1) is 17.3. The molecule has 0 saturated carbocycles. The Labute approximate surface area is 230 Å². The molecule has 0 amide bonds. The van der Waals surface area contributed by atoms with Gasteiger partial charge in [0.25, 0.3) is 0 Å². The molecule has 2 fully saturated rings. The highest BCUT2D eigenvalue weighted by Gasteiger charge is 2.36. The van der Waals surface area contributed by atoms with Crippen LogP contribution in [0.15, 0.2) is 52.4 Å². The lowest BCUT2D eigenvalue weighted by atomic mass is 9.95. The van der Waals surface area contributed by atoms with Gasteiger partial charge in [0.2, 0.25) is 0 Å². The second kappa shape index (κ2) is 14.2. The van der Waals surface area contributed by atoms with Gasteiger partial charge in [0, 0.05) is 48.9 Å². The number of nitrogens with zero attached hydrogens (tertiary/aromatic N) is 1. The van der Waals surface area contributed by atoms with E-state index in [4.69, 9.17) is 0 Å². The van der Waals surface area contributed by atoms with Crippen molar-refractivity contribution >= 4 is 22.1 Å². The van der Waals surface area contributed by atoms with Crippen molar-refractivity contribution in [3.8, 4) is 5.06 Å². The summed E-state index contributed by atoms with van der Waals surface area (Å²) in [6, 6.07) is 3.06. The number of thiophene rings is 1. The predicted molar refractivity (Wildman–Crippen MR) is 161 cm³/mol. The van der Waals surface area contributed by atoms with Crippen molar-refractivity contribution in [1.29, 1.82) is 0 Å². The van der Waals surface area contributed by atoms with Crippen molar-refractivity contribution in [3.63, 3.8) is 0 Å². The van der Waals surface area contributed by atoms with Crippen LogP contribution in [-0.4, -0.2) is 62.4 Å². The topological polar surface area (TPSA) is 100 Å². The third-order valence-electron chi connectivity index (χ3n) is 6.76. The molecular weight excluding hydrogens is 504 g/mol. The number of aromatic hydroxyl groups is 1. The lowest BCUT2D eigenvalue weighted by molar-refractivity contribution is 0.266. The maximum absolute atomic E-state index is 10.4. The molecule has 2 saturated heterocycles. The summed E-state index contributed by atoms with van der Waals surface area (Å²) in [6.07, 6.45) is 11.3. The van der Waals surface area contributed by atoms with Crippen molar-refractivity contribution in [2.45, 2.75) is 95.0 Å². The number of nitrogens with one attached hydrogen (secondary N) is 3. The van der Waals surface area contributed by atoms with E-state index in [0.717, 1.165) is 56.7 Å². The minimum Gasteiger partial charge on any atom is -0.499 e. The van der Waals surface area contributed by atoms with Gasteiger partial charge in [-0.05, 0) is 85.9 Å². The Morgan fingerprint density at radius 2 is 1.95 bits per heavy atom. The predicted octanol–water partition coefficient (Wildman–Crippen LogP) is 6.48. The number of hydrogen-bond donors (Lipinski definition) is 6. The largest absolute Gasteiger partial charge is 0.499 e. The van der Waals surface area contributed by atoms with E-state index in [1.165, 1.54) is 30.3 Å². The zero-order valence-corrected chi connectivity index (χ0v) is 25.3. The molecule has 7 nitrogen and oxygen atoms in total. The van der Waals surface area contributed by atoms with Gasteiger partial charge in [0.15, 0.2) is 5.06 Å². The minimum atomic E-state index is -3.06. The smallest absolute Gasteiger partial charge is 0.172 e. The summed E-state index contributed by atoms with van der Waals surface area (Å²) in [6.45, 7) is 21.2. The molecule has 2 aliphatic heterocycles. The fourth-order valence-electron chi connectivity index (χ4n) is 5.05. The van der Waals surface area contributed by atoms with Crippen LogP contribution in [-0.2, 0) is 0 Å². The molecule has 3 rings (SSSR count). The summed E-state index contributed by atoms with van der Waals surface area (Å²) in [4.78, 5) is 2.49. The van der Waals surface area contributed by atoms with E-state index in [0.29, 0.717) is 4.21 Å². The molecule has 0 spiro atoms. The lowest BCUT2D eigenvalue weighted by Crippen LogP contribution is -2.51. The molecule has 212 valence electrons. The quantitative estimate of drug-likeness (QED) is 0.215. The molecule has 0 aromatic carbocycles. The van der Waals surface area contributed by atoms with Crippen molar-refractivity contribution < 1.29 is 14.2 Å². The zero-order chi connectivity index (χ0) is 27.7. The van der Waals surface area contributed by atoms with E-state index in [1.54, 1.807) is 6.07 Å². The first-order valence-corrected chi connectivity index (χ1v) is 15.7. The standard InChI is InChI=1S/C14H26N2O3S2.C14H24N2/c1-13(2)8-7-10(9-14(3,4)16-13)15-21(18,19)12-6-5-11(17)20-12;1-4-13(3)7-8-14(5-2)16-11-6-9-15-10-12-16/h5-6,10,15-19H,7-9H2,1-4H3;4-5,7,15H,1,6,8-12H2,2-3H3/b;13-7-,14-5+. The van der Waals surface area contributed by atoms with Gasteiger partial charge in [0.1, 0.15) is 4.21 Å². The van der Waals surface area contributed by atoms with Gasteiger partial charge in [-0.25, -0.2) is 4.72 Å². The molecule has 1 aromatic heterocycles. The summed E-state index contributed by atoms with van der Waals surface area (Å²) < 4.78 is 24.1. The van der Waals surface area contributed by atoms with Crippen LogP contribution >= 0.6 is 22.1 Å². The van der Waals surface area contributed by atoms with Crippen molar-refractivity contribution in [2.75, 3.05) is 26.2 Å². The average molecular weight is 555 g/mol. The van der Waals surface area contributed by atoms with Crippen LogP contribution < -0.4 is 15.4 Å². The monoisotopic (exact) mass is 554 g/mol. The van der Waals surface area contributed by atoms with Gasteiger partial charge in [-0.2, -0.15) is 0 Å². The molecule has 37 heavy (non-hydrogen) atoms. The van der Waals surface area contributed by atoms with Crippen molar-refractivity contribution in [2.24, 2.45) is 0 Å². The Morgan fingerprint density at radius 1 is 1.22 bits per heavy atom. The molecule has 0 radical (unpaired) electrons. The summed E-state index contributed by atoms with van der Waals surface area (Å²) in [5.41, 5.74) is 2.65. The van der Waals surface area contributed by atoms with Crippen LogP contribution in [0.4, 0.5) is 0 Å². The van der Waals surface area contributed by atoms with E-state index in [9.17, 15) is 14.2 Å². The molecule has 2 aliphatic rings. The maximum atomic E-state index is 10.4. The molecular formula is C28H50N4O3S2. The SMILES string of the molecule is C=C/C(C)=C\C/C(=C\C)N1CCCNCC1.CC1(C)CCC(NS(O)(O)c2ccc(O)s2)CC(C)(C)N1. The molecule has 6 N–H and O–H groups in total. The van der Waals surface area contributed by atoms with Crippen LogP contribution in [0.2, 0.25) is 0 Å². The number of rotatable bonds is 7. The van der Waals surface area contributed by atoms with Gasteiger partial charge in [-0.15, -0.1) is 10.8 Å². The number of allylic oxidation sites excluding steroid dienone is 4. The Hall–Kier alpha value is -1.33. The molecule has 9 heteroatoms. The van der Waals surface area contributed by atoms with Gasteiger partial charge in [0.05, 0.1) is 0 Å². The summed E-state index contributed by atoms with van der Waals surface area (Å²) >= 11 is 1.00. The normalized spacial score (nSPS) is 23.4. The Balaban J connectivity index is 0.000000271. The van der Waals surface area contributed by atoms with Crippen molar-refractivity contribution in [3.05, 3.63) is 48.2 Å². The van der Waals surface area contributed by atoms with E-state index in [2.05, 4.69) is 80.5 Å². The Bertz CT molecular complexity index is 916. The summed E-state index contributed by atoms with van der Waals surface area (Å²) in [5, 5.41) is 16.5. The highest BCUT2D eigenvalue weighted by atomic mass is 32.3. The molecule has 1 aromatic rings. The van der Waals surface area contributed by atoms with Gasteiger partial charge in [-0.1, -0.05) is 41.7 Å². The van der Waals surface area contributed by atoms with E-state index < -0.39 is 10.8 Å². The van der Waals surface area contributed by atoms with Crippen LogP contribution in [0, 0.1) is 0 Å². The first-order valence-electron chi connectivity index (χ1n) is 13.3. The van der Waals surface area contributed by atoms with E-state index in [1.807, 2.05) is 6.08 Å². The summed E-state index contributed by atoms with van der Waals surface area (Å²) in [7, 11) is -3.06. The maximum Gasteiger partial charge on any atom is 0.172 e. The van der Waals surface area contributed by atoms with Gasteiger partial charge in [-0.3, -0.25) is 9.11 Å². The third kappa shape index (κ3) is 11.1. The number of hydrogen-bond acceptors (Lipinski definition) is 8. The highest BCUT2D eigenvalue weighted by molar-refractivity contribution is 8.24. The second-order valence-corrected chi connectivity index (χ2v) is 14.4. The molecule has 1 unspecified atom stereocenters. The van der Waals surface area contributed by atoms with Gasteiger partial charge >= 0.3 is 0 Å². The van der Waals surface area contributed by atoms with Crippen LogP contribution in [0.3, 0.4) is 0 Å². The third-order valence-corrected chi connectivity index (χ3v) is 9.75. The molecule has 1 atom stereocenters. The summed E-state index contributed by atoms with van der Waals surface area (Å²) in [5.74, 6) is 0. The van der Waals surface area contributed by atoms with E-state index in [-0.39, 0.29) is 22.2 Å². The fraction of sp³-hybridized carbons (Fsp3) is 0.643. The fourth-order valence-corrected chi connectivity index (χ4v) is 7.43. The molecule has 0 bridgehead atoms. The van der Waals surface area contributed by atoms with Gasteiger partial charge < -0.3 is 20.6 Å². The lowest BCUT2D eigenvalue weighted by Gasteiger charge is -2.38. The van der Waals surface area contributed by atoms with Crippen LogP contribution in [0.5, 0.6) is 5.06 Å². The van der Waals surface area contributed by atoms with Crippen LogP contribution in [0.1, 0.15) is 73.6 Å². The molecule has 3 heterocycles. The minimum absolute atomic E-state index is 0.0171. The van der Waals surface area contributed by atoms with Crippen LogP contribution in [0.25, 0.3) is 0 Å². The van der Waals surface area contributed by atoms with E-state index >= 15 is 0 Å². The zero-order valence-electron chi connectivity index (χ0n) is 23.6. The van der Waals surface area contributed by atoms with Crippen molar-refractivity contribution in [1.82, 2.24) is 20.3 Å². The second-order valence-electron chi connectivity index (χ2n) is 11.3. The molecule has 0 aliphatic carbocycles. The Kier molecular flexibility index (Phi) is 12.2. The highest BCUT2D eigenvalue weighted by Crippen LogP contribution is 2.50.